The fourth-order valence-corrected chi connectivity index (χ4v) is 4.41. The van der Waals surface area contributed by atoms with Crippen LogP contribution in [0.15, 0.2) is 59.3 Å². The van der Waals surface area contributed by atoms with Crippen molar-refractivity contribution in [3.63, 3.8) is 0 Å². The fraction of sp³-hybridized carbons (Fsp3) is 0.217. The highest BCUT2D eigenvalue weighted by Gasteiger charge is 2.17. The summed E-state index contributed by atoms with van der Waals surface area (Å²) in [5, 5.41) is 4.52. The van der Waals surface area contributed by atoms with Crippen LogP contribution in [0.25, 0.3) is 21.3 Å². The van der Waals surface area contributed by atoms with Gasteiger partial charge >= 0.3 is 0 Å². The van der Waals surface area contributed by atoms with E-state index in [1.807, 2.05) is 24.3 Å². The van der Waals surface area contributed by atoms with Crippen molar-refractivity contribution < 1.29 is 4.74 Å². The number of benzene rings is 2. The third-order valence-electron chi connectivity index (χ3n) is 4.50. The zero-order valence-corrected chi connectivity index (χ0v) is 19.0. The molecule has 0 saturated carbocycles. The molecule has 2 heterocycles. The molecule has 0 aliphatic heterocycles. The molecule has 0 saturated heterocycles. The second-order valence-corrected chi connectivity index (χ2v) is 9.42. The number of aromatic nitrogens is 2. The first-order chi connectivity index (χ1) is 14.0. The molecule has 4 nitrogen and oxygen atoms in total. The molecule has 4 rings (SSSR count). The third kappa shape index (κ3) is 4.43. The summed E-state index contributed by atoms with van der Waals surface area (Å²) >= 11 is 5.21. The lowest BCUT2D eigenvalue weighted by Crippen LogP contribution is -2.04. The molecule has 6 heteroatoms. The van der Waals surface area contributed by atoms with E-state index in [0.717, 1.165) is 37.5 Å². The Balaban J connectivity index is 1.68. The summed E-state index contributed by atoms with van der Waals surface area (Å²) in [5.74, 6) is 2.19. The molecule has 2 aromatic carbocycles. The van der Waals surface area contributed by atoms with Crippen molar-refractivity contribution in [1.82, 2.24) is 9.97 Å². The number of hydrogen-bond acceptors (Lipinski definition) is 5. The molecule has 0 aliphatic carbocycles. The van der Waals surface area contributed by atoms with E-state index in [9.17, 15) is 0 Å². The standard InChI is InChI=1S/C23H22BrN3OS/c1-14(2)12-28-19-10-8-18(9-11-19)27-22-21-20(16-4-6-17(24)7-5-16)15(3)29-23(21)26-13-25-22/h4-11,13-14H,12H2,1-3H3,(H,25,26,27). The average Bonchev–Trinajstić information content (AvgIpc) is 3.05. The van der Waals surface area contributed by atoms with E-state index in [1.54, 1.807) is 17.7 Å². The van der Waals surface area contributed by atoms with Crippen molar-refractivity contribution >= 4 is 49.0 Å². The minimum absolute atomic E-state index is 0.501. The van der Waals surface area contributed by atoms with Crippen molar-refractivity contribution in [3.8, 4) is 16.9 Å². The lowest BCUT2D eigenvalue weighted by atomic mass is 10.0. The second kappa shape index (κ2) is 8.51. The summed E-state index contributed by atoms with van der Waals surface area (Å²) < 4.78 is 6.84. The van der Waals surface area contributed by atoms with Crippen LogP contribution in [0.3, 0.4) is 0 Å². The molecule has 29 heavy (non-hydrogen) atoms. The van der Waals surface area contributed by atoms with Gasteiger partial charge < -0.3 is 10.1 Å². The Hall–Kier alpha value is -2.44. The maximum atomic E-state index is 5.78. The van der Waals surface area contributed by atoms with Gasteiger partial charge in [-0.2, -0.15) is 0 Å². The van der Waals surface area contributed by atoms with Gasteiger partial charge in [-0.1, -0.05) is 41.9 Å². The van der Waals surface area contributed by atoms with Crippen molar-refractivity contribution in [2.75, 3.05) is 11.9 Å². The van der Waals surface area contributed by atoms with Crippen molar-refractivity contribution in [2.24, 2.45) is 5.92 Å². The summed E-state index contributed by atoms with van der Waals surface area (Å²) in [6, 6.07) is 16.4. The molecule has 0 amide bonds. The number of rotatable bonds is 6. The summed E-state index contributed by atoms with van der Waals surface area (Å²) in [6.45, 7) is 7.13. The number of anilines is 2. The highest BCUT2D eigenvalue weighted by molar-refractivity contribution is 9.10. The van der Waals surface area contributed by atoms with Crippen LogP contribution in [-0.2, 0) is 0 Å². The van der Waals surface area contributed by atoms with Gasteiger partial charge in [-0.05, 0) is 54.8 Å². The normalized spacial score (nSPS) is 11.2. The molecule has 148 valence electrons. The van der Waals surface area contributed by atoms with E-state index in [0.29, 0.717) is 12.5 Å². The van der Waals surface area contributed by atoms with Crippen LogP contribution in [0.4, 0.5) is 11.5 Å². The summed E-state index contributed by atoms with van der Waals surface area (Å²) in [5.41, 5.74) is 3.30. The van der Waals surface area contributed by atoms with Crippen LogP contribution in [-0.4, -0.2) is 16.6 Å². The number of nitrogens with one attached hydrogen (secondary N) is 1. The van der Waals surface area contributed by atoms with Crippen molar-refractivity contribution in [2.45, 2.75) is 20.8 Å². The highest BCUT2D eigenvalue weighted by atomic mass is 79.9. The SMILES string of the molecule is Cc1sc2ncnc(Nc3ccc(OCC(C)C)cc3)c2c1-c1ccc(Br)cc1. The molecule has 0 bridgehead atoms. The minimum Gasteiger partial charge on any atom is -0.493 e. The molecular formula is C23H22BrN3OS. The fourth-order valence-electron chi connectivity index (χ4n) is 3.14. The number of hydrogen-bond donors (Lipinski definition) is 1. The monoisotopic (exact) mass is 467 g/mol. The number of fused-ring (bicyclic) bond motifs is 1. The molecule has 0 aliphatic rings. The zero-order chi connectivity index (χ0) is 20.4. The van der Waals surface area contributed by atoms with Gasteiger partial charge in [0.15, 0.2) is 0 Å². The Morgan fingerprint density at radius 1 is 1.03 bits per heavy atom. The van der Waals surface area contributed by atoms with Crippen LogP contribution < -0.4 is 10.1 Å². The lowest BCUT2D eigenvalue weighted by molar-refractivity contribution is 0.271. The largest absolute Gasteiger partial charge is 0.493 e. The first-order valence-corrected chi connectivity index (χ1v) is 11.1. The van der Waals surface area contributed by atoms with Gasteiger partial charge in [-0.25, -0.2) is 9.97 Å². The van der Waals surface area contributed by atoms with Gasteiger partial charge in [0.1, 0.15) is 22.7 Å². The van der Waals surface area contributed by atoms with Gasteiger partial charge in [0.25, 0.3) is 0 Å². The molecule has 0 radical (unpaired) electrons. The quantitative estimate of drug-likeness (QED) is 0.325. The Kier molecular flexibility index (Phi) is 5.83. The van der Waals surface area contributed by atoms with Crippen LogP contribution in [0, 0.1) is 12.8 Å². The van der Waals surface area contributed by atoms with E-state index < -0.39 is 0 Å². The smallest absolute Gasteiger partial charge is 0.143 e. The van der Waals surface area contributed by atoms with Crippen molar-refractivity contribution in [3.05, 3.63) is 64.2 Å². The first kappa shape index (κ1) is 19.9. The van der Waals surface area contributed by atoms with E-state index in [4.69, 9.17) is 4.74 Å². The third-order valence-corrected chi connectivity index (χ3v) is 6.04. The highest BCUT2D eigenvalue weighted by Crippen LogP contribution is 2.41. The second-order valence-electron chi connectivity index (χ2n) is 7.30. The number of aryl methyl sites for hydroxylation is 1. The van der Waals surface area contributed by atoms with E-state index in [2.05, 4.69) is 76.3 Å². The number of thiophene rings is 1. The van der Waals surface area contributed by atoms with Gasteiger partial charge in [-0.3, -0.25) is 0 Å². The van der Waals surface area contributed by atoms with Gasteiger partial charge in [0, 0.05) is 20.6 Å². The molecule has 4 aromatic rings. The number of nitrogens with zero attached hydrogens (tertiary/aromatic N) is 2. The predicted molar refractivity (Wildman–Crippen MR) is 125 cm³/mol. The molecule has 0 unspecified atom stereocenters. The van der Waals surface area contributed by atoms with Gasteiger partial charge in [0.05, 0.1) is 12.0 Å². The molecule has 1 N–H and O–H groups in total. The number of ether oxygens (including phenoxy) is 1. The Morgan fingerprint density at radius 2 is 1.76 bits per heavy atom. The Morgan fingerprint density at radius 3 is 2.45 bits per heavy atom. The topological polar surface area (TPSA) is 47.0 Å². The molecule has 0 spiro atoms. The zero-order valence-electron chi connectivity index (χ0n) is 16.6. The van der Waals surface area contributed by atoms with Crippen LogP contribution in [0.1, 0.15) is 18.7 Å². The molecular weight excluding hydrogens is 446 g/mol. The van der Waals surface area contributed by atoms with Gasteiger partial charge in [-0.15, -0.1) is 11.3 Å². The summed E-state index contributed by atoms with van der Waals surface area (Å²) in [7, 11) is 0. The summed E-state index contributed by atoms with van der Waals surface area (Å²) in [6.07, 6.45) is 1.62. The Labute approximate surface area is 183 Å². The first-order valence-electron chi connectivity index (χ1n) is 9.51. The van der Waals surface area contributed by atoms with Gasteiger partial charge in [0.2, 0.25) is 0 Å². The van der Waals surface area contributed by atoms with E-state index >= 15 is 0 Å². The molecule has 2 aromatic heterocycles. The van der Waals surface area contributed by atoms with Crippen LogP contribution in [0.5, 0.6) is 5.75 Å². The van der Waals surface area contributed by atoms with Crippen LogP contribution >= 0.6 is 27.3 Å². The van der Waals surface area contributed by atoms with E-state index in [-0.39, 0.29) is 0 Å². The Bertz CT molecular complexity index is 1120. The molecule has 0 atom stereocenters. The number of halogens is 1. The van der Waals surface area contributed by atoms with Crippen molar-refractivity contribution in [1.29, 1.82) is 0 Å². The maximum Gasteiger partial charge on any atom is 0.143 e. The minimum atomic E-state index is 0.501. The molecule has 0 fully saturated rings. The maximum absolute atomic E-state index is 5.78. The lowest BCUT2D eigenvalue weighted by Gasteiger charge is -2.11. The summed E-state index contributed by atoms with van der Waals surface area (Å²) in [4.78, 5) is 11.3. The van der Waals surface area contributed by atoms with Crippen LogP contribution in [0.2, 0.25) is 0 Å². The van der Waals surface area contributed by atoms with E-state index in [1.165, 1.54) is 10.4 Å². The predicted octanol–water partition coefficient (Wildman–Crippen LogP) is 7.21. The average molecular weight is 468 g/mol.